The third kappa shape index (κ3) is 23.7. The Morgan fingerprint density at radius 1 is 0.580 bits per heavy atom. The van der Waals surface area contributed by atoms with Gasteiger partial charge < -0.3 is 78.9 Å². The van der Waals surface area contributed by atoms with E-state index < -0.39 is 175 Å². The Hall–Kier alpha value is -8.34. The van der Waals surface area contributed by atoms with Gasteiger partial charge in [-0.3, -0.25) is 62.3 Å². The number of aliphatic hydroxyl groups excluding tert-OH is 1. The summed E-state index contributed by atoms with van der Waals surface area (Å²) in [6.45, 7) is 11.8. The summed E-state index contributed by atoms with van der Waals surface area (Å²) in [5.41, 5.74) is 7.50. The molecule has 0 saturated heterocycles. The third-order valence-electron chi connectivity index (χ3n) is 14.4. The van der Waals surface area contributed by atoms with Crippen LogP contribution in [0, 0.1) is 17.8 Å². The van der Waals surface area contributed by atoms with Gasteiger partial charge in [-0.05, 0) is 72.3 Å². The first kappa shape index (κ1) is 73.9. The molecule has 0 radical (unpaired) electrons. The van der Waals surface area contributed by atoms with Crippen LogP contribution < -0.4 is 53.6 Å². The molecule has 2 aromatic carbocycles. The Kier molecular flexibility index (Phi) is 30.3. The first-order valence-corrected chi connectivity index (χ1v) is 29.8. The molecular formula is C59H87N11O17S. The minimum Gasteiger partial charge on any atom is -0.508 e. The van der Waals surface area contributed by atoms with E-state index in [1.54, 1.807) is 65.8 Å². The summed E-state index contributed by atoms with van der Waals surface area (Å²) in [4.78, 5) is 175. The standard InChI is InChI=1S/C59H87N11O17S/c1-9-10-15-38(51(79)66-43(28-71)55(83)64-41(50(60)78)25-34-16-18-37(73)19-17-34)63-56(84)45-26-35-13-11-12-14-36(35)27-70(45)59(87)44(29-88)67-54(82)42(24-30(2)3)65-57(85)48(31(4)5)69-58(86)49(32(6)7)68-53(81)40(21-23-47(76)77)62-52(80)39(61-33(8)72)20-22-46(74)75/h11-14,16-19,30-32,38-45,48-49,71,73,88H,9-10,15,20-29H2,1-8H3,(H2,60,78)(H,61,72)(H,62,80)(H,63,84)(H,64,83)(H,65,85)(H,66,79)(H,67,82)(H,68,81)(H,69,86)(H,74,75)(H,76,77)/t38-,39-,40-,41-,42-,43-,44-,45+,48-,49-/m0/s1. The number of carbonyl (C=O) groups is 13. The number of primary amides is 1. The van der Waals surface area contributed by atoms with Crippen molar-refractivity contribution >= 4 is 89.5 Å². The fourth-order valence-electron chi connectivity index (χ4n) is 9.54. The predicted molar refractivity (Wildman–Crippen MR) is 322 cm³/mol. The minimum atomic E-state index is -1.60. The van der Waals surface area contributed by atoms with Crippen LogP contribution in [0.4, 0.5) is 0 Å². The van der Waals surface area contributed by atoms with E-state index in [0.717, 1.165) is 6.92 Å². The molecule has 0 bridgehead atoms. The number of hydrogen-bond acceptors (Lipinski definition) is 16. The van der Waals surface area contributed by atoms with Crippen molar-refractivity contribution in [2.75, 3.05) is 12.4 Å². The van der Waals surface area contributed by atoms with Crippen LogP contribution in [0.1, 0.15) is 123 Å². The molecule has 15 N–H and O–H groups in total. The highest BCUT2D eigenvalue weighted by atomic mass is 32.1. The average Bonchev–Trinajstić information content (AvgIpc) is 2.60. The smallest absolute Gasteiger partial charge is 0.303 e. The van der Waals surface area contributed by atoms with E-state index in [1.807, 2.05) is 6.92 Å². The number of aromatic hydroxyl groups is 1. The molecule has 88 heavy (non-hydrogen) atoms. The lowest BCUT2D eigenvalue weighted by Crippen LogP contribution is -2.63. The van der Waals surface area contributed by atoms with Gasteiger partial charge >= 0.3 is 11.9 Å². The first-order chi connectivity index (χ1) is 41.4. The summed E-state index contributed by atoms with van der Waals surface area (Å²) in [5, 5.41) is 61.4. The second-order valence-corrected chi connectivity index (χ2v) is 23.2. The van der Waals surface area contributed by atoms with Crippen molar-refractivity contribution in [3.05, 3.63) is 65.2 Å². The van der Waals surface area contributed by atoms with Gasteiger partial charge in [-0.25, -0.2) is 0 Å². The predicted octanol–water partition coefficient (Wildman–Crippen LogP) is -1.04. The molecular weight excluding hydrogens is 1170 g/mol. The molecule has 0 spiro atoms. The molecule has 0 saturated carbocycles. The Morgan fingerprint density at radius 2 is 1.03 bits per heavy atom. The SMILES string of the molecule is CCCC[C@H](NC(=O)[C@H]1Cc2ccccc2CN1C(=O)[C@H](CS)NC(=O)[C@H](CC(C)C)NC(=O)[C@@H](NC(=O)[C@@H](NC(=O)[C@H](CCC(=O)O)NC(=O)[C@H](CCC(=O)O)NC(C)=O)C(C)C)C(C)C)C(=O)N[C@@H](CO)C(=O)N[C@@H](Cc1ccc(O)cc1)C(N)=O. The Labute approximate surface area is 516 Å². The third-order valence-corrected chi connectivity index (χ3v) is 14.8. The number of nitrogens with zero attached hydrogens (tertiary/aromatic N) is 1. The number of nitrogens with one attached hydrogen (secondary N) is 9. The quantitative estimate of drug-likeness (QED) is 0.0362. The van der Waals surface area contributed by atoms with E-state index in [0.29, 0.717) is 29.5 Å². The Balaban J connectivity index is 1.86. The number of carboxylic acids is 2. The Morgan fingerprint density at radius 3 is 1.53 bits per heavy atom. The van der Waals surface area contributed by atoms with Crippen molar-refractivity contribution < 1.29 is 82.8 Å². The lowest BCUT2D eigenvalue weighted by Gasteiger charge is -2.38. The van der Waals surface area contributed by atoms with Gasteiger partial charge in [0.2, 0.25) is 65.0 Å². The van der Waals surface area contributed by atoms with Crippen LogP contribution in [-0.2, 0) is 81.7 Å². The molecule has 0 unspecified atom stereocenters. The molecule has 1 aliphatic heterocycles. The number of fused-ring (bicyclic) bond motifs is 1. The molecule has 0 fully saturated rings. The van der Waals surface area contributed by atoms with Gasteiger partial charge in [-0.1, -0.05) is 97.7 Å². The first-order valence-electron chi connectivity index (χ1n) is 29.2. The van der Waals surface area contributed by atoms with Gasteiger partial charge in [0, 0.05) is 44.9 Å². The number of aliphatic hydroxyl groups is 1. The minimum absolute atomic E-state index is 0.0186. The number of rotatable bonds is 36. The lowest BCUT2D eigenvalue weighted by molar-refractivity contribution is -0.145. The second-order valence-electron chi connectivity index (χ2n) is 22.8. The number of nitrogens with two attached hydrogens (primary N) is 1. The molecule has 28 nitrogen and oxygen atoms in total. The van der Waals surface area contributed by atoms with Crippen LogP contribution in [0.2, 0.25) is 0 Å². The number of amides is 11. The molecule has 0 aliphatic carbocycles. The van der Waals surface area contributed by atoms with Gasteiger partial charge in [-0.2, -0.15) is 12.6 Å². The molecule has 3 rings (SSSR count). The maximum atomic E-state index is 14.8. The van der Waals surface area contributed by atoms with Crippen LogP contribution in [0.15, 0.2) is 48.5 Å². The fourth-order valence-corrected chi connectivity index (χ4v) is 9.79. The second kappa shape index (κ2) is 36.1. The number of carboxylic acid groups (broad SMARTS) is 2. The number of unbranched alkanes of at least 4 members (excludes halogenated alkanes) is 1. The molecule has 10 atom stereocenters. The molecule has 1 aliphatic rings. The summed E-state index contributed by atoms with van der Waals surface area (Å²) in [6, 6.07) is -1.14. The highest BCUT2D eigenvalue weighted by molar-refractivity contribution is 7.80. The number of thiol groups is 1. The van der Waals surface area contributed by atoms with Crippen LogP contribution in [0.25, 0.3) is 0 Å². The molecule has 11 amide bonds. The van der Waals surface area contributed by atoms with Gasteiger partial charge in [0.15, 0.2) is 0 Å². The largest absolute Gasteiger partial charge is 0.508 e. The summed E-state index contributed by atoms with van der Waals surface area (Å²) in [5.74, 6) is -14.0. The number of carbonyl (C=O) groups excluding carboxylic acids is 11. The van der Waals surface area contributed by atoms with Crippen molar-refractivity contribution in [2.24, 2.45) is 23.5 Å². The van der Waals surface area contributed by atoms with Gasteiger partial charge in [0.1, 0.15) is 66.2 Å². The zero-order valence-corrected chi connectivity index (χ0v) is 51.8. The number of hydrogen-bond donors (Lipinski definition) is 15. The zero-order valence-electron chi connectivity index (χ0n) is 50.9. The molecule has 0 aromatic heterocycles. The highest BCUT2D eigenvalue weighted by Crippen LogP contribution is 2.25. The fraction of sp³-hybridized carbons (Fsp3) is 0.576. The van der Waals surface area contributed by atoms with Crippen molar-refractivity contribution in [1.82, 2.24) is 52.8 Å². The van der Waals surface area contributed by atoms with Crippen LogP contribution in [0.5, 0.6) is 5.75 Å². The van der Waals surface area contributed by atoms with Gasteiger partial charge in [0.05, 0.1) is 6.61 Å². The van der Waals surface area contributed by atoms with E-state index in [4.69, 9.17) is 5.73 Å². The summed E-state index contributed by atoms with van der Waals surface area (Å²) >= 11 is 4.42. The van der Waals surface area contributed by atoms with E-state index >= 15 is 0 Å². The maximum absolute atomic E-state index is 14.8. The van der Waals surface area contributed by atoms with Crippen LogP contribution in [-0.4, -0.2) is 175 Å². The van der Waals surface area contributed by atoms with Crippen LogP contribution >= 0.6 is 12.6 Å². The molecule has 486 valence electrons. The van der Waals surface area contributed by atoms with E-state index in [1.165, 1.54) is 29.2 Å². The summed E-state index contributed by atoms with van der Waals surface area (Å²) in [7, 11) is 0. The number of phenolic OH excluding ortho intramolecular Hbond substituents is 1. The van der Waals surface area contributed by atoms with Crippen molar-refractivity contribution in [1.29, 1.82) is 0 Å². The topological polar surface area (TPSA) is 440 Å². The molecule has 2 aromatic rings. The molecule has 1 heterocycles. The van der Waals surface area contributed by atoms with Crippen LogP contribution in [0.3, 0.4) is 0 Å². The van der Waals surface area contributed by atoms with Gasteiger partial charge in [-0.15, -0.1) is 0 Å². The van der Waals surface area contributed by atoms with E-state index in [-0.39, 0.29) is 56.1 Å². The normalized spacial score (nSPS) is 15.9. The van der Waals surface area contributed by atoms with E-state index in [9.17, 15) is 82.8 Å². The maximum Gasteiger partial charge on any atom is 0.303 e. The summed E-state index contributed by atoms with van der Waals surface area (Å²) in [6.07, 6.45) is -1.05. The average molecular weight is 1250 g/mol. The monoisotopic (exact) mass is 1250 g/mol. The highest BCUT2D eigenvalue weighted by Gasteiger charge is 2.41. The molecule has 29 heteroatoms. The number of aliphatic carboxylic acids is 2. The number of phenols is 1. The zero-order chi connectivity index (χ0) is 66.1. The lowest BCUT2D eigenvalue weighted by atomic mass is 9.92. The van der Waals surface area contributed by atoms with Crippen molar-refractivity contribution in [2.45, 2.75) is 187 Å². The van der Waals surface area contributed by atoms with Crippen molar-refractivity contribution in [3.8, 4) is 5.75 Å². The van der Waals surface area contributed by atoms with Crippen molar-refractivity contribution in [3.63, 3.8) is 0 Å². The van der Waals surface area contributed by atoms with Gasteiger partial charge in [0.25, 0.3) is 0 Å². The Bertz CT molecular complexity index is 2800. The summed E-state index contributed by atoms with van der Waals surface area (Å²) < 4.78 is 0. The van der Waals surface area contributed by atoms with E-state index in [2.05, 4.69) is 60.5 Å². The number of benzene rings is 2.